The Morgan fingerprint density at radius 2 is 1.60 bits per heavy atom. The maximum atomic E-state index is 12.9. The monoisotopic (exact) mass is 420 g/mol. The Kier molecular flexibility index (Phi) is 5.55. The average Bonchev–Trinajstić information content (AvgIpc) is 2.74. The fraction of sp³-hybridized carbons (Fsp3) is 0.208. The first-order valence-corrected chi connectivity index (χ1v) is 10.3. The van der Waals surface area contributed by atoms with Crippen molar-refractivity contribution in [1.82, 2.24) is 10.2 Å². The van der Waals surface area contributed by atoms with Crippen LogP contribution in [0.25, 0.3) is 10.8 Å². The van der Waals surface area contributed by atoms with Crippen LogP contribution in [0.1, 0.15) is 52.1 Å². The van der Waals surface area contributed by atoms with Gasteiger partial charge in [0.05, 0.1) is 6.04 Å². The maximum Gasteiger partial charge on any atom is 0.261 e. The first-order chi connectivity index (χ1) is 14.5. The molecule has 0 aromatic heterocycles. The van der Waals surface area contributed by atoms with Gasteiger partial charge in [-0.05, 0) is 42.5 Å². The van der Waals surface area contributed by atoms with Crippen LogP contribution in [0.5, 0.6) is 0 Å². The zero-order valence-corrected chi connectivity index (χ0v) is 17.3. The van der Waals surface area contributed by atoms with E-state index in [0.717, 1.165) is 10.9 Å². The Balaban J connectivity index is 1.40. The van der Waals surface area contributed by atoms with Gasteiger partial charge in [-0.15, -0.1) is 0 Å². The number of carbonyl (C=O) groups is 3. The van der Waals surface area contributed by atoms with Gasteiger partial charge in [0.2, 0.25) is 5.91 Å². The number of hydrogen-bond acceptors (Lipinski definition) is 3. The lowest BCUT2D eigenvalue weighted by atomic mass is 9.94. The van der Waals surface area contributed by atoms with Crippen molar-refractivity contribution in [1.29, 1.82) is 0 Å². The highest BCUT2D eigenvalue weighted by atomic mass is 35.5. The number of nitrogens with one attached hydrogen (secondary N) is 1. The molecule has 0 spiro atoms. The topological polar surface area (TPSA) is 66.5 Å². The first kappa shape index (κ1) is 20.1. The van der Waals surface area contributed by atoms with Gasteiger partial charge in [0, 0.05) is 34.5 Å². The number of carbonyl (C=O) groups excluding carboxylic acids is 3. The van der Waals surface area contributed by atoms with E-state index in [9.17, 15) is 14.4 Å². The summed E-state index contributed by atoms with van der Waals surface area (Å²) in [6, 6.07) is 18.0. The van der Waals surface area contributed by atoms with Gasteiger partial charge < -0.3 is 5.32 Å². The van der Waals surface area contributed by atoms with Crippen LogP contribution in [-0.4, -0.2) is 29.2 Å². The van der Waals surface area contributed by atoms with E-state index in [1.54, 1.807) is 18.2 Å². The van der Waals surface area contributed by atoms with E-state index in [1.165, 1.54) is 4.90 Å². The molecule has 0 aliphatic carbocycles. The highest BCUT2D eigenvalue weighted by molar-refractivity contribution is 6.31. The molecule has 6 heteroatoms. The molecule has 1 heterocycles. The van der Waals surface area contributed by atoms with Gasteiger partial charge in [0.25, 0.3) is 11.8 Å². The molecule has 5 nitrogen and oxygen atoms in total. The summed E-state index contributed by atoms with van der Waals surface area (Å²) in [5.74, 6) is -0.773. The van der Waals surface area contributed by atoms with Gasteiger partial charge in [-0.25, -0.2) is 0 Å². The molecule has 1 N–H and O–H groups in total. The third-order valence-electron chi connectivity index (χ3n) is 5.39. The summed E-state index contributed by atoms with van der Waals surface area (Å²) in [5.41, 5.74) is 1.90. The van der Waals surface area contributed by atoms with E-state index in [-0.39, 0.29) is 36.7 Å². The molecule has 152 valence electrons. The molecular formula is C24H21ClN2O3. The summed E-state index contributed by atoms with van der Waals surface area (Å²) in [6.45, 7) is 2.06. The van der Waals surface area contributed by atoms with Gasteiger partial charge in [0.15, 0.2) is 0 Å². The SMILES string of the molecule is CC(NC(=O)CCCN1C(=O)c2cccc3cccc(c23)C1=O)c1ccccc1Cl. The average molecular weight is 421 g/mol. The molecule has 0 bridgehead atoms. The molecule has 1 aliphatic rings. The van der Waals surface area contributed by atoms with E-state index in [1.807, 2.05) is 49.4 Å². The van der Waals surface area contributed by atoms with Crippen molar-refractivity contribution in [2.45, 2.75) is 25.8 Å². The van der Waals surface area contributed by atoms with Crippen LogP contribution in [-0.2, 0) is 4.79 Å². The number of nitrogens with zero attached hydrogens (tertiary/aromatic N) is 1. The fourth-order valence-corrected chi connectivity index (χ4v) is 4.20. The lowest BCUT2D eigenvalue weighted by Crippen LogP contribution is -2.41. The highest BCUT2D eigenvalue weighted by Gasteiger charge is 2.32. The lowest BCUT2D eigenvalue weighted by Gasteiger charge is -2.27. The zero-order chi connectivity index (χ0) is 21.3. The minimum absolute atomic E-state index is 0.151. The summed E-state index contributed by atoms with van der Waals surface area (Å²) in [6.07, 6.45) is 0.592. The summed E-state index contributed by atoms with van der Waals surface area (Å²) in [7, 11) is 0. The van der Waals surface area contributed by atoms with Crippen LogP contribution in [0.4, 0.5) is 0 Å². The number of imide groups is 1. The number of rotatable bonds is 6. The molecule has 0 fully saturated rings. The third kappa shape index (κ3) is 3.68. The fourth-order valence-electron chi connectivity index (χ4n) is 3.90. The molecule has 1 unspecified atom stereocenters. The number of halogens is 1. The summed E-state index contributed by atoms with van der Waals surface area (Å²) in [5, 5.41) is 5.10. The molecule has 1 atom stereocenters. The number of hydrogen-bond donors (Lipinski definition) is 1. The predicted molar refractivity (Wildman–Crippen MR) is 117 cm³/mol. The van der Waals surface area contributed by atoms with Crippen molar-refractivity contribution >= 4 is 40.1 Å². The van der Waals surface area contributed by atoms with Crippen molar-refractivity contribution in [3.8, 4) is 0 Å². The molecule has 30 heavy (non-hydrogen) atoms. The van der Waals surface area contributed by atoms with Crippen molar-refractivity contribution in [2.75, 3.05) is 6.54 Å². The van der Waals surface area contributed by atoms with Gasteiger partial charge >= 0.3 is 0 Å². The van der Waals surface area contributed by atoms with Crippen LogP contribution in [0, 0.1) is 0 Å². The summed E-state index contributed by atoms with van der Waals surface area (Å²) >= 11 is 6.18. The van der Waals surface area contributed by atoms with Crippen LogP contribution in [0.3, 0.4) is 0 Å². The third-order valence-corrected chi connectivity index (χ3v) is 5.73. The van der Waals surface area contributed by atoms with E-state index >= 15 is 0 Å². The number of benzene rings is 3. The molecule has 3 aromatic carbocycles. The Labute approximate surface area is 179 Å². The molecular weight excluding hydrogens is 400 g/mol. The predicted octanol–water partition coefficient (Wildman–Crippen LogP) is 4.75. The van der Waals surface area contributed by atoms with Crippen LogP contribution >= 0.6 is 11.6 Å². The Morgan fingerprint density at radius 1 is 0.967 bits per heavy atom. The number of amides is 3. The Morgan fingerprint density at radius 3 is 2.23 bits per heavy atom. The minimum atomic E-state index is -0.311. The quantitative estimate of drug-likeness (QED) is 0.585. The lowest BCUT2D eigenvalue weighted by molar-refractivity contribution is -0.121. The van der Waals surface area contributed by atoms with E-state index < -0.39 is 0 Å². The maximum absolute atomic E-state index is 12.9. The van der Waals surface area contributed by atoms with Crippen LogP contribution in [0.15, 0.2) is 60.7 Å². The molecule has 1 aliphatic heterocycles. The van der Waals surface area contributed by atoms with Crippen molar-refractivity contribution < 1.29 is 14.4 Å². The second-order valence-electron chi connectivity index (χ2n) is 7.39. The van der Waals surface area contributed by atoms with Gasteiger partial charge in [-0.1, -0.05) is 54.1 Å². The van der Waals surface area contributed by atoms with Gasteiger partial charge in [0.1, 0.15) is 0 Å². The second kappa shape index (κ2) is 8.28. The van der Waals surface area contributed by atoms with E-state index in [0.29, 0.717) is 28.0 Å². The highest BCUT2D eigenvalue weighted by Crippen LogP contribution is 2.30. The summed E-state index contributed by atoms with van der Waals surface area (Å²) in [4.78, 5) is 39.3. The van der Waals surface area contributed by atoms with Gasteiger partial charge in [-0.3, -0.25) is 19.3 Å². The largest absolute Gasteiger partial charge is 0.350 e. The smallest absolute Gasteiger partial charge is 0.261 e. The molecule has 0 saturated heterocycles. The second-order valence-corrected chi connectivity index (χ2v) is 7.79. The van der Waals surface area contributed by atoms with Gasteiger partial charge in [-0.2, -0.15) is 0 Å². The van der Waals surface area contributed by atoms with Crippen molar-refractivity contribution in [2.24, 2.45) is 0 Å². The van der Waals surface area contributed by atoms with E-state index in [2.05, 4.69) is 5.32 Å². The molecule has 4 rings (SSSR count). The van der Waals surface area contributed by atoms with Crippen molar-refractivity contribution in [3.05, 3.63) is 82.4 Å². The minimum Gasteiger partial charge on any atom is -0.350 e. The Hall–Kier alpha value is -3.18. The Bertz CT molecular complexity index is 1110. The van der Waals surface area contributed by atoms with E-state index in [4.69, 9.17) is 11.6 Å². The van der Waals surface area contributed by atoms with Crippen LogP contribution in [0.2, 0.25) is 5.02 Å². The zero-order valence-electron chi connectivity index (χ0n) is 16.5. The molecule has 3 aromatic rings. The molecule has 0 radical (unpaired) electrons. The van der Waals surface area contributed by atoms with Crippen molar-refractivity contribution in [3.63, 3.8) is 0 Å². The first-order valence-electron chi connectivity index (χ1n) is 9.89. The molecule has 3 amide bonds. The normalized spacial score (nSPS) is 14.1. The standard InChI is InChI=1S/C24H21ClN2O3/c1-15(17-9-2-3-12-20(17)25)26-21(28)13-6-14-27-23(29)18-10-4-7-16-8-5-11-19(22(16)18)24(27)30/h2-5,7-12,15H,6,13-14H2,1H3,(H,26,28). The summed E-state index contributed by atoms with van der Waals surface area (Å²) < 4.78 is 0. The molecule has 0 saturated carbocycles. The van der Waals surface area contributed by atoms with Crippen LogP contribution < -0.4 is 5.32 Å².